The molecule has 10 heteroatoms. The monoisotopic (exact) mass is 441 g/mol. The second-order valence-corrected chi connectivity index (χ2v) is 8.66. The Kier molecular flexibility index (Phi) is 5.88. The van der Waals surface area contributed by atoms with Gasteiger partial charge >= 0.3 is 12.2 Å². The van der Waals surface area contributed by atoms with Crippen LogP contribution in [0.25, 0.3) is 0 Å². The molecule has 2 aromatic rings. The lowest BCUT2D eigenvalue weighted by Crippen LogP contribution is -2.44. The number of piperidine rings is 1. The van der Waals surface area contributed by atoms with Crippen molar-refractivity contribution in [2.24, 2.45) is 5.92 Å². The molecule has 1 atom stereocenters. The Bertz CT molecular complexity index is 1030. The van der Waals surface area contributed by atoms with Gasteiger partial charge in [-0.25, -0.2) is 9.59 Å². The summed E-state index contributed by atoms with van der Waals surface area (Å²) in [5.41, 5.74) is 1.51. The minimum Gasteiger partial charge on any atom is -0.463 e. The highest BCUT2D eigenvalue weighted by Crippen LogP contribution is 2.35. The molecule has 0 spiro atoms. The van der Waals surface area contributed by atoms with Crippen LogP contribution in [0.1, 0.15) is 43.5 Å². The number of benzene rings is 1. The standard InChI is InChI=1S/C22H27N5O5/c1-22(2)17-16(11-23-22)18(25-27(17)20(29)30)24-19(28)15-9-6-10-26(12-15)21(31)32-13-14-7-4-3-5-8-14/h3-5,7-8,15,23H,6,9-13H2,1-2H3,(H,29,30)(H,24,25,28)/t15-/m1/s1. The lowest BCUT2D eigenvalue weighted by Gasteiger charge is -2.31. The molecule has 0 bridgehead atoms. The Morgan fingerprint density at radius 1 is 1.28 bits per heavy atom. The van der Waals surface area contributed by atoms with Gasteiger partial charge < -0.3 is 25.4 Å². The van der Waals surface area contributed by atoms with Crippen LogP contribution >= 0.6 is 0 Å². The number of likely N-dealkylation sites (tertiary alicyclic amines) is 1. The predicted octanol–water partition coefficient (Wildman–Crippen LogP) is 2.73. The SMILES string of the molecule is CC1(C)NCc2c(NC(=O)[C@@H]3CCCN(C(=O)OCc4ccccc4)C3)nn(C(=O)O)c21. The fourth-order valence-electron chi connectivity index (χ4n) is 4.28. The quantitative estimate of drug-likeness (QED) is 0.666. The van der Waals surface area contributed by atoms with Gasteiger partial charge in [0.05, 0.1) is 17.2 Å². The largest absolute Gasteiger partial charge is 0.463 e. The van der Waals surface area contributed by atoms with Crippen molar-refractivity contribution in [3.05, 3.63) is 47.2 Å². The van der Waals surface area contributed by atoms with Crippen molar-refractivity contribution in [1.82, 2.24) is 20.0 Å². The Hall–Kier alpha value is -3.40. The van der Waals surface area contributed by atoms with Gasteiger partial charge in [-0.15, -0.1) is 5.10 Å². The summed E-state index contributed by atoms with van der Waals surface area (Å²) in [6.45, 7) is 5.09. The van der Waals surface area contributed by atoms with E-state index in [0.29, 0.717) is 37.2 Å². The molecule has 2 aliphatic rings. The van der Waals surface area contributed by atoms with E-state index in [-0.39, 0.29) is 24.9 Å². The summed E-state index contributed by atoms with van der Waals surface area (Å²) in [4.78, 5) is 38.6. The minimum atomic E-state index is -1.21. The number of hydrogen-bond acceptors (Lipinski definition) is 6. The van der Waals surface area contributed by atoms with E-state index in [1.165, 1.54) is 0 Å². The van der Waals surface area contributed by atoms with E-state index in [2.05, 4.69) is 15.7 Å². The number of hydrogen-bond donors (Lipinski definition) is 3. The van der Waals surface area contributed by atoms with Crippen molar-refractivity contribution in [3.8, 4) is 0 Å². The van der Waals surface area contributed by atoms with E-state index in [1.807, 2.05) is 44.2 Å². The molecule has 0 radical (unpaired) electrons. The summed E-state index contributed by atoms with van der Waals surface area (Å²) in [5, 5.41) is 19.7. The number of ether oxygens (including phenoxy) is 1. The average Bonchev–Trinajstić information content (AvgIpc) is 3.31. The van der Waals surface area contributed by atoms with Crippen LogP contribution in [-0.4, -0.2) is 51.0 Å². The normalized spacial score (nSPS) is 19.3. The van der Waals surface area contributed by atoms with Crippen molar-refractivity contribution in [1.29, 1.82) is 0 Å². The van der Waals surface area contributed by atoms with Crippen LogP contribution in [0, 0.1) is 5.92 Å². The van der Waals surface area contributed by atoms with E-state index < -0.39 is 23.6 Å². The molecule has 1 aromatic heterocycles. The second-order valence-electron chi connectivity index (χ2n) is 8.66. The predicted molar refractivity (Wildman–Crippen MR) is 115 cm³/mol. The van der Waals surface area contributed by atoms with E-state index in [0.717, 1.165) is 10.2 Å². The van der Waals surface area contributed by atoms with Gasteiger partial charge in [0.15, 0.2) is 5.82 Å². The topological polar surface area (TPSA) is 126 Å². The summed E-state index contributed by atoms with van der Waals surface area (Å²) >= 11 is 0. The third-order valence-corrected chi connectivity index (χ3v) is 5.96. The highest BCUT2D eigenvalue weighted by Gasteiger charge is 2.39. The van der Waals surface area contributed by atoms with Gasteiger partial charge in [-0.1, -0.05) is 30.3 Å². The number of aromatic nitrogens is 2. The zero-order chi connectivity index (χ0) is 22.9. The maximum atomic E-state index is 12.9. The first kappa shape index (κ1) is 21.8. The van der Waals surface area contributed by atoms with E-state index in [4.69, 9.17) is 4.74 Å². The smallest absolute Gasteiger partial charge is 0.432 e. The first-order valence-electron chi connectivity index (χ1n) is 10.6. The van der Waals surface area contributed by atoms with Crippen LogP contribution in [0.3, 0.4) is 0 Å². The van der Waals surface area contributed by atoms with Crippen LogP contribution in [0.4, 0.5) is 15.4 Å². The van der Waals surface area contributed by atoms with Gasteiger partial charge in [0, 0.05) is 25.2 Å². The molecule has 0 unspecified atom stereocenters. The molecular weight excluding hydrogens is 414 g/mol. The van der Waals surface area contributed by atoms with Crippen molar-refractivity contribution in [2.45, 2.75) is 45.4 Å². The molecule has 1 saturated heterocycles. The molecule has 3 heterocycles. The van der Waals surface area contributed by atoms with Gasteiger partial charge in [0.1, 0.15) is 6.61 Å². The number of carboxylic acid groups (broad SMARTS) is 1. The van der Waals surface area contributed by atoms with Crippen LogP contribution < -0.4 is 10.6 Å². The zero-order valence-electron chi connectivity index (χ0n) is 18.1. The van der Waals surface area contributed by atoms with E-state index in [9.17, 15) is 19.5 Å². The Labute approximate surface area is 185 Å². The molecule has 10 nitrogen and oxygen atoms in total. The van der Waals surface area contributed by atoms with Crippen molar-refractivity contribution >= 4 is 23.9 Å². The summed E-state index contributed by atoms with van der Waals surface area (Å²) < 4.78 is 6.31. The van der Waals surface area contributed by atoms with Crippen LogP contribution in [0.2, 0.25) is 0 Å². The number of nitrogens with one attached hydrogen (secondary N) is 2. The Morgan fingerprint density at radius 2 is 2.03 bits per heavy atom. The summed E-state index contributed by atoms with van der Waals surface area (Å²) in [7, 11) is 0. The average molecular weight is 441 g/mol. The highest BCUT2D eigenvalue weighted by atomic mass is 16.6. The molecular formula is C22H27N5O5. The van der Waals surface area contributed by atoms with Gasteiger partial charge in [-0.05, 0) is 32.3 Å². The number of fused-ring (bicyclic) bond motifs is 1. The van der Waals surface area contributed by atoms with Gasteiger partial charge in [-0.3, -0.25) is 4.79 Å². The fourth-order valence-corrected chi connectivity index (χ4v) is 4.28. The molecule has 32 heavy (non-hydrogen) atoms. The third-order valence-electron chi connectivity index (χ3n) is 5.96. The highest BCUT2D eigenvalue weighted by molar-refractivity contribution is 5.93. The van der Waals surface area contributed by atoms with Crippen LogP contribution in [0.15, 0.2) is 30.3 Å². The summed E-state index contributed by atoms with van der Waals surface area (Å²) in [5.74, 6) is -0.469. The molecule has 2 amide bonds. The van der Waals surface area contributed by atoms with Gasteiger partial charge in [-0.2, -0.15) is 4.68 Å². The molecule has 3 N–H and O–H groups in total. The minimum absolute atomic E-state index is 0.175. The number of rotatable bonds is 4. The first-order valence-corrected chi connectivity index (χ1v) is 10.6. The molecule has 0 saturated carbocycles. The Balaban J connectivity index is 1.40. The summed E-state index contributed by atoms with van der Waals surface area (Å²) in [6.07, 6.45) is -0.355. The van der Waals surface area contributed by atoms with Gasteiger partial charge in [0.2, 0.25) is 5.91 Å². The van der Waals surface area contributed by atoms with Crippen molar-refractivity contribution in [2.75, 3.05) is 18.4 Å². The number of nitrogens with zero attached hydrogens (tertiary/aromatic N) is 3. The maximum Gasteiger partial charge on any atom is 0.432 e. The van der Waals surface area contributed by atoms with Crippen molar-refractivity contribution in [3.63, 3.8) is 0 Å². The zero-order valence-corrected chi connectivity index (χ0v) is 18.1. The van der Waals surface area contributed by atoms with Crippen LogP contribution in [-0.2, 0) is 28.2 Å². The molecule has 1 fully saturated rings. The number of carbonyl (C=O) groups is 3. The maximum absolute atomic E-state index is 12.9. The van der Waals surface area contributed by atoms with E-state index >= 15 is 0 Å². The Morgan fingerprint density at radius 3 is 2.75 bits per heavy atom. The molecule has 170 valence electrons. The molecule has 0 aliphatic carbocycles. The molecule has 4 rings (SSSR count). The van der Waals surface area contributed by atoms with E-state index in [1.54, 1.807) is 4.90 Å². The van der Waals surface area contributed by atoms with Crippen molar-refractivity contribution < 1.29 is 24.2 Å². The molecule has 1 aromatic carbocycles. The third kappa shape index (κ3) is 4.31. The van der Waals surface area contributed by atoms with Gasteiger partial charge in [0.25, 0.3) is 0 Å². The van der Waals surface area contributed by atoms with Crippen LogP contribution in [0.5, 0.6) is 0 Å². The summed E-state index contributed by atoms with van der Waals surface area (Å²) in [6, 6.07) is 9.41. The lowest BCUT2D eigenvalue weighted by atomic mass is 9.97. The number of amides is 2. The molecule has 2 aliphatic heterocycles. The number of carbonyl (C=O) groups excluding carboxylic acids is 2. The second kappa shape index (κ2) is 8.62. The first-order chi connectivity index (χ1) is 15.3. The lowest BCUT2D eigenvalue weighted by molar-refractivity contribution is -0.121. The number of anilines is 1. The fraction of sp³-hybridized carbons (Fsp3) is 0.455.